The normalized spacial score (nSPS) is 14.1. The van der Waals surface area contributed by atoms with Crippen molar-refractivity contribution in [3.05, 3.63) is 29.3 Å². The Bertz CT molecular complexity index is 469. The highest BCUT2D eigenvalue weighted by molar-refractivity contribution is 9.09. The van der Waals surface area contributed by atoms with Crippen LogP contribution in [0.2, 0.25) is 0 Å². The topological polar surface area (TPSA) is 12.9 Å². The summed E-state index contributed by atoms with van der Waals surface area (Å²) in [6.07, 6.45) is 2.23. The van der Waals surface area contributed by atoms with Crippen LogP contribution < -0.4 is 0 Å². The van der Waals surface area contributed by atoms with Crippen molar-refractivity contribution in [1.82, 2.24) is 4.98 Å². The molecule has 0 aliphatic carbocycles. The van der Waals surface area contributed by atoms with Gasteiger partial charge in [-0.1, -0.05) is 48.8 Å². The SMILES string of the molecule is CC(Br)CC(C)(C)Cc1nc2ccccc2s1. The summed E-state index contributed by atoms with van der Waals surface area (Å²) < 4.78 is 1.30. The van der Waals surface area contributed by atoms with E-state index in [9.17, 15) is 0 Å². The Balaban J connectivity index is 2.18. The van der Waals surface area contributed by atoms with Crippen molar-refractivity contribution in [2.24, 2.45) is 5.41 Å². The summed E-state index contributed by atoms with van der Waals surface area (Å²) in [7, 11) is 0. The lowest BCUT2D eigenvalue weighted by Crippen LogP contribution is -2.18. The highest BCUT2D eigenvalue weighted by Gasteiger charge is 2.22. The first kappa shape index (κ1) is 13.0. The molecule has 0 aliphatic heterocycles. The van der Waals surface area contributed by atoms with Crippen LogP contribution in [0.5, 0.6) is 0 Å². The van der Waals surface area contributed by atoms with E-state index >= 15 is 0 Å². The van der Waals surface area contributed by atoms with Crippen LogP contribution >= 0.6 is 27.3 Å². The molecule has 3 heteroatoms. The Morgan fingerprint density at radius 2 is 2.06 bits per heavy atom. The molecule has 0 bridgehead atoms. The quantitative estimate of drug-likeness (QED) is 0.721. The highest BCUT2D eigenvalue weighted by Crippen LogP contribution is 2.32. The van der Waals surface area contributed by atoms with Crippen LogP contribution in [0.3, 0.4) is 0 Å². The van der Waals surface area contributed by atoms with Crippen LogP contribution in [0.4, 0.5) is 0 Å². The number of fused-ring (bicyclic) bond motifs is 1. The molecule has 0 aliphatic rings. The summed E-state index contributed by atoms with van der Waals surface area (Å²) >= 11 is 5.47. The summed E-state index contributed by atoms with van der Waals surface area (Å²) in [6.45, 7) is 6.84. The fraction of sp³-hybridized carbons (Fsp3) is 0.500. The molecule has 0 N–H and O–H groups in total. The Hall–Kier alpha value is -0.410. The van der Waals surface area contributed by atoms with Crippen molar-refractivity contribution >= 4 is 37.5 Å². The van der Waals surface area contributed by atoms with Crippen LogP contribution in [-0.4, -0.2) is 9.81 Å². The molecule has 0 amide bonds. The minimum Gasteiger partial charge on any atom is -0.241 e. The van der Waals surface area contributed by atoms with Gasteiger partial charge < -0.3 is 0 Å². The molecular weight excluding hydrogens is 294 g/mol. The maximum atomic E-state index is 4.71. The molecule has 1 aromatic carbocycles. The average Bonchev–Trinajstić information content (AvgIpc) is 2.55. The van der Waals surface area contributed by atoms with E-state index in [1.165, 1.54) is 16.1 Å². The van der Waals surface area contributed by atoms with E-state index in [1.807, 2.05) is 11.3 Å². The number of alkyl halides is 1. The molecule has 0 saturated carbocycles. The van der Waals surface area contributed by atoms with E-state index in [1.54, 1.807) is 0 Å². The molecule has 1 atom stereocenters. The first-order chi connectivity index (χ1) is 7.96. The second kappa shape index (κ2) is 5.07. The number of halogens is 1. The first-order valence-electron chi connectivity index (χ1n) is 5.95. The molecule has 1 nitrogen and oxygen atoms in total. The standard InChI is InChI=1S/C14H18BrNS/c1-10(15)8-14(2,3)9-13-16-11-6-4-5-7-12(11)17-13/h4-7,10H,8-9H2,1-3H3. The average molecular weight is 312 g/mol. The number of thiazole rings is 1. The number of para-hydroxylation sites is 1. The number of aromatic nitrogens is 1. The van der Waals surface area contributed by atoms with Crippen molar-refractivity contribution in [3.8, 4) is 0 Å². The lowest BCUT2D eigenvalue weighted by molar-refractivity contribution is 0.335. The molecule has 0 radical (unpaired) electrons. The summed E-state index contributed by atoms with van der Waals surface area (Å²) in [4.78, 5) is 5.27. The lowest BCUT2D eigenvalue weighted by Gasteiger charge is -2.24. The third-order valence-corrected chi connectivity index (χ3v) is 4.16. The molecule has 0 fully saturated rings. The predicted molar refractivity (Wildman–Crippen MR) is 80.1 cm³/mol. The van der Waals surface area contributed by atoms with E-state index in [0.717, 1.165) is 11.9 Å². The van der Waals surface area contributed by atoms with Crippen LogP contribution in [0.25, 0.3) is 10.2 Å². The number of rotatable bonds is 4. The zero-order chi connectivity index (χ0) is 12.5. The van der Waals surface area contributed by atoms with E-state index in [0.29, 0.717) is 10.2 Å². The smallest absolute Gasteiger partial charge is 0.0943 e. The molecule has 2 aromatic rings. The van der Waals surface area contributed by atoms with E-state index in [2.05, 4.69) is 61.0 Å². The van der Waals surface area contributed by atoms with Gasteiger partial charge in [0.15, 0.2) is 0 Å². The van der Waals surface area contributed by atoms with Gasteiger partial charge in [-0.3, -0.25) is 0 Å². The van der Waals surface area contributed by atoms with Gasteiger partial charge in [-0.25, -0.2) is 4.98 Å². The molecule has 2 rings (SSSR count). The molecule has 1 aromatic heterocycles. The van der Waals surface area contributed by atoms with E-state index in [-0.39, 0.29) is 0 Å². The van der Waals surface area contributed by atoms with Gasteiger partial charge in [-0.2, -0.15) is 0 Å². The van der Waals surface area contributed by atoms with Gasteiger partial charge in [0.05, 0.1) is 15.2 Å². The second-order valence-corrected chi connectivity index (χ2v) is 8.08. The van der Waals surface area contributed by atoms with Crippen LogP contribution in [0.15, 0.2) is 24.3 Å². The van der Waals surface area contributed by atoms with E-state index < -0.39 is 0 Å². The Morgan fingerprint density at radius 1 is 1.35 bits per heavy atom. The van der Waals surface area contributed by atoms with Crippen molar-refractivity contribution in [3.63, 3.8) is 0 Å². The van der Waals surface area contributed by atoms with Gasteiger partial charge in [0.25, 0.3) is 0 Å². The van der Waals surface area contributed by atoms with Crippen LogP contribution in [0.1, 0.15) is 32.2 Å². The monoisotopic (exact) mass is 311 g/mol. The maximum absolute atomic E-state index is 4.71. The lowest BCUT2D eigenvalue weighted by atomic mass is 9.85. The Labute approximate surface area is 115 Å². The minimum absolute atomic E-state index is 0.302. The highest BCUT2D eigenvalue weighted by atomic mass is 79.9. The third-order valence-electron chi connectivity index (χ3n) is 2.80. The fourth-order valence-electron chi connectivity index (χ4n) is 2.24. The zero-order valence-electron chi connectivity index (χ0n) is 10.5. The largest absolute Gasteiger partial charge is 0.241 e. The van der Waals surface area contributed by atoms with Gasteiger partial charge in [0.2, 0.25) is 0 Å². The molecule has 0 spiro atoms. The molecule has 17 heavy (non-hydrogen) atoms. The van der Waals surface area contributed by atoms with Crippen molar-refractivity contribution in [1.29, 1.82) is 0 Å². The zero-order valence-corrected chi connectivity index (χ0v) is 12.9. The first-order valence-corrected chi connectivity index (χ1v) is 7.68. The summed E-state index contributed by atoms with van der Waals surface area (Å²) in [5.74, 6) is 0. The van der Waals surface area contributed by atoms with Gasteiger partial charge >= 0.3 is 0 Å². The number of hydrogen-bond donors (Lipinski definition) is 0. The maximum Gasteiger partial charge on any atom is 0.0943 e. The Morgan fingerprint density at radius 3 is 2.71 bits per heavy atom. The van der Waals surface area contributed by atoms with Crippen molar-refractivity contribution in [2.75, 3.05) is 0 Å². The fourth-order valence-corrected chi connectivity index (χ4v) is 4.34. The van der Waals surface area contributed by atoms with Gasteiger partial charge in [-0.05, 0) is 24.0 Å². The molecule has 0 saturated heterocycles. The summed E-state index contributed by atoms with van der Waals surface area (Å²) in [5.41, 5.74) is 1.44. The number of benzene rings is 1. The molecule has 92 valence electrons. The molecule has 1 unspecified atom stereocenters. The minimum atomic E-state index is 0.302. The molecular formula is C14H18BrNS. The Kier molecular flexibility index (Phi) is 3.88. The van der Waals surface area contributed by atoms with Crippen LogP contribution in [-0.2, 0) is 6.42 Å². The number of hydrogen-bond acceptors (Lipinski definition) is 2. The third kappa shape index (κ3) is 3.52. The van der Waals surface area contributed by atoms with Gasteiger partial charge in [-0.15, -0.1) is 11.3 Å². The predicted octanol–water partition coefficient (Wildman–Crippen LogP) is 5.04. The van der Waals surface area contributed by atoms with Crippen LogP contribution in [0, 0.1) is 5.41 Å². The molecule has 1 heterocycles. The van der Waals surface area contributed by atoms with Crippen molar-refractivity contribution in [2.45, 2.75) is 38.4 Å². The summed E-state index contributed by atoms with van der Waals surface area (Å²) in [5, 5.41) is 1.25. The van der Waals surface area contributed by atoms with Crippen molar-refractivity contribution < 1.29 is 0 Å². The van der Waals surface area contributed by atoms with E-state index in [4.69, 9.17) is 4.98 Å². The number of nitrogens with zero attached hydrogens (tertiary/aromatic N) is 1. The summed E-state index contributed by atoms with van der Waals surface area (Å²) in [6, 6.07) is 8.37. The second-order valence-electron chi connectivity index (χ2n) is 5.40. The van der Waals surface area contributed by atoms with Gasteiger partial charge in [0.1, 0.15) is 0 Å². The van der Waals surface area contributed by atoms with Gasteiger partial charge in [0, 0.05) is 11.2 Å².